The first-order valence-corrected chi connectivity index (χ1v) is 7.04. The van der Waals surface area contributed by atoms with Crippen molar-refractivity contribution in [3.63, 3.8) is 0 Å². The highest BCUT2D eigenvalue weighted by Gasteiger charge is 2.20. The van der Waals surface area contributed by atoms with Crippen LogP contribution in [0.3, 0.4) is 0 Å². The van der Waals surface area contributed by atoms with Crippen LogP contribution >= 0.6 is 0 Å². The number of hydrogen-bond acceptors (Lipinski definition) is 5. The molecule has 0 atom stereocenters. The van der Waals surface area contributed by atoms with E-state index in [9.17, 15) is 4.79 Å². The van der Waals surface area contributed by atoms with Gasteiger partial charge in [-0.3, -0.25) is 4.99 Å². The number of aliphatic imine (C=N–C) groups is 2. The molecule has 1 aliphatic rings. The maximum atomic E-state index is 12.0. The molecule has 1 aliphatic heterocycles. The molecular weight excluding hydrogens is 290 g/mol. The van der Waals surface area contributed by atoms with E-state index < -0.39 is 5.97 Å². The number of benzene rings is 2. The Labute approximate surface area is 133 Å². The number of rotatable bonds is 2. The van der Waals surface area contributed by atoms with Gasteiger partial charge in [-0.25, -0.2) is 9.79 Å². The van der Waals surface area contributed by atoms with Gasteiger partial charge in [0.25, 0.3) is 0 Å². The first-order valence-electron chi connectivity index (χ1n) is 7.04. The Morgan fingerprint density at radius 1 is 1.09 bits per heavy atom. The summed E-state index contributed by atoms with van der Waals surface area (Å²) in [6.07, 6.45) is 0.271. The summed E-state index contributed by atoms with van der Waals surface area (Å²) in [7, 11) is 1.33. The van der Waals surface area contributed by atoms with Crippen molar-refractivity contribution in [2.45, 2.75) is 6.42 Å². The van der Waals surface area contributed by atoms with Gasteiger partial charge in [0.15, 0.2) is 0 Å². The smallest absolute Gasteiger partial charge is 0.352 e. The summed E-state index contributed by atoms with van der Waals surface area (Å²) in [5.41, 5.74) is 3.77. The topological polar surface area (TPSA) is 74.8 Å². The Morgan fingerprint density at radius 2 is 1.74 bits per heavy atom. The first-order chi connectivity index (χ1) is 11.2. The van der Waals surface area contributed by atoms with Gasteiger partial charge in [0.05, 0.1) is 35.8 Å². The van der Waals surface area contributed by atoms with Crippen molar-refractivity contribution >= 4 is 28.8 Å². The molecule has 0 radical (unpaired) electrons. The number of nitrogens with zero attached hydrogens (tertiary/aromatic N) is 3. The number of esters is 1. The van der Waals surface area contributed by atoms with Crippen LogP contribution in [0.1, 0.15) is 17.5 Å². The van der Waals surface area contributed by atoms with Crippen LogP contribution in [0.5, 0.6) is 0 Å². The summed E-state index contributed by atoms with van der Waals surface area (Å²) in [4.78, 5) is 21.0. The van der Waals surface area contributed by atoms with Gasteiger partial charge in [0, 0.05) is 6.42 Å². The molecule has 23 heavy (non-hydrogen) atoms. The van der Waals surface area contributed by atoms with Crippen molar-refractivity contribution in [3.8, 4) is 6.07 Å². The van der Waals surface area contributed by atoms with Crippen LogP contribution in [-0.2, 0) is 9.53 Å². The molecule has 3 rings (SSSR count). The molecule has 5 nitrogen and oxygen atoms in total. The van der Waals surface area contributed by atoms with Gasteiger partial charge in [0.1, 0.15) is 5.71 Å². The molecule has 0 bridgehead atoms. The van der Waals surface area contributed by atoms with E-state index in [0.717, 1.165) is 5.56 Å². The zero-order chi connectivity index (χ0) is 16.2. The molecule has 0 spiro atoms. The van der Waals surface area contributed by atoms with Crippen molar-refractivity contribution in [2.75, 3.05) is 7.11 Å². The molecular formula is C18H13N3O2. The van der Waals surface area contributed by atoms with Gasteiger partial charge in [0.2, 0.25) is 0 Å². The monoisotopic (exact) mass is 303 g/mol. The van der Waals surface area contributed by atoms with Gasteiger partial charge in [-0.2, -0.15) is 5.26 Å². The Balaban J connectivity index is 2.10. The number of carbonyl (C=O) groups excluding carboxylic acids is 1. The normalized spacial score (nSPS) is 13.0. The molecule has 1 heterocycles. The summed E-state index contributed by atoms with van der Waals surface area (Å²) in [5, 5.41) is 8.90. The quantitative estimate of drug-likeness (QED) is 0.799. The van der Waals surface area contributed by atoms with E-state index in [0.29, 0.717) is 28.4 Å². The fourth-order valence-electron chi connectivity index (χ4n) is 2.32. The molecule has 0 fully saturated rings. The average Bonchev–Trinajstić information content (AvgIpc) is 2.80. The molecule has 0 N–H and O–H groups in total. The van der Waals surface area contributed by atoms with E-state index in [2.05, 4.69) is 16.1 Å². The van der Waals surface area contributed by atoms with Crippen molar-refractivity contribution in [3.05, 3.63) is 59.7 Å². The molecule has 112 valence electrons. The summed E-state index contributed by atoms with van der Waals surface area (Å²) >= 11 is 0. The molecule has 0 unspecified atom stereocenters. The van der Waals surface area contributed by atoms with E-state index in [4.69, 9.17) is 10.00 Å². The lowest BCUT2D eigenvalue weighted by atomic mass is 10.0. The number of hydrogen-bond donors (Lipinski definition) is 0. The third-order valence-electron chi connectivity index (χ3n) is 3.50. The zero-order valence-electron chi connectivity index (χ0n) is 12.5. The minimum absolute atomic E-state index is 0.271. The highest BCUT2D eigenvalue weighted by Crippen LogP contribution is 2.31. The minimum atomic E-state index is -0.469. The van der Waals surface area contributed by atoms with Crippen molar-refractivity contribution in [2.24, 2.45) is 9.98 Å². The van der Waals surface area contributed by atoms with Crippen LogP contribution in [0.15, 0.2) is 58.5 Å². The number of ether oxygens (including phenoxy) is 1. The van der Waals surface area contributed by atoms with Gasteiger partial charge in [-0.05, 0) is 29.8 Å². The van der Waals surface area contributed by atoms with E-state index >= 15 is 0 Å². The second kappa shape index (κ2) is 6.24. The fraction of sp³-hybridized carbons (Fsp3) is 0.111. The number of para-hydroxylation sites is 2. The van der Waals surface area contributed by atoms with Crippen molar-refractivity contribution in [1.82, 2.24) is 0 Å². The third kappa shape index (κ3) is 3.01. The van der Waals surface area contributed by atoms with E-state index in [-0.39, 0.29) is 6.42 Å². The standard InChI is InChI=1S/C18H13N3O2/c1-23-18(22)17-10-16(13-8-6-12(11-19)7-9-13)20-14-4-2-3-5-15(14)21-17/h2-9H,10H2,1H3. The summed E-state index contributed by atoms with van der Waals surface area (Å²) in [6.45, 7) is 0. The lowest BCUT2D eigenvalue weighted by Gasteiger charge is -2.06. The SMILES string of the molecule is COC(=O)C1=Nc2ccccc2N=C(c2ccc(C#N)cc2)C1. The van der Waals surface area contributed by atoms with E-state index in [1.165, 1.54) is 7.11 Å². The van der Waals surface area contributed by atoms with Gasteiger partial charge in [-0.1, -0.05) is 24.3 Å². The molecule has 0 aliphatic carbocycles. The average molecular weight is 303 g/mol. The summed E-state index contributed by atoms with van der Waals surface area (Å²) in [5.74, 6) is -0.469. The largest absolute Gasteiger partial charge is 0.465 e. The van der Waals surface area contributed by atoms with E-state index in [1.807, 2.05) is 36.4 Å². The number of methoxy groups -OCH3 is 1. The molecule has 0 amide bonds. The summed E-state index contributed by atoms with van der Waals surface area (Å²) in [6, 6.07) is 16.6. The Morgan fingerprint density at radius 3 is 2.35 bits per heavy atom. The Kier molecular flexibility index (Phi) is 3.98. The molecule has 0 aromatic heterocycles. The molecule has 0 saturated carbocycles. The maximum absolute atomic E-state index is 12.0. The maximum Gasteiger partial charge on any atom is 0.352 e. The number of nitriles is 1. The number of carbonyl (C=O) groups is 1. The van der Waals surface area contributed by atoms with Crippen molar-refractivity contribution < 1.29 is 9.53 Å². The minimum Gasteiger partial charge on any atom is -0.465 e. The van der Waals surface area contributed by atoms with Gasteiger partial charge in [-0.15, -0.1) is 0 Å². The predicted molar refractivity (Wildman–Crippen MR) is 87.5 cm³/mol. The van der Waals surface area contributed by atoms with Crippen LogP contribution in [0.25, 0.3) is 0 Å². The second-order valence-corrected chi connectivity index (χ2v) is 4.96. The number of fused-ring (bicyclic) bond motifs is 1. The van der Waals surface area contributed by atoms with Gasteiger partial charge < -0.3 is 4.74 Å². The first kappa shape index (κ1) is 14.7. The van der Waals surface area contributed by atoms with Gasteiger partial charge >= 0.3 is 5.97 Å². The molecule has 0 saturated heterocycles. The fourth-order valence-corrected chi connectivity index (χ4v) is 2.32. The molecule has 2 aromatic carbocycles. The molecule has 2 aromatic rings. The Hall–Kier alpha value is -3.26. The highest BCUT2D eigenvalue weighted by atomic mass is 16.5. The van der Waals surface area contributed by atoms with Crippen LogP contribution in [0, 0.1) is 11.3 Å². The highest BCUT2D eigenvalue weighted by molar-refractivity contribution is 6.42. The lowest BCUT2D eigenvalue weighted by molar-refractivity contribution is -0.132. The molecule has 5 heteroatoms. The Bertz CT molecular complexity index is 859. The second-order valence-electron chi connectivity index (χ2n) is 4.96. The zero-order valence-corrected chi connectivity index (χ0v) is 12.5. The summed E-state index contributed by atoms with van der Waals surface area (Å²) < 4.78 is 4.81. The van der Waals surface area contributed by atoms with Crippen molar-refractivity contribution in [1.29, 1.82) is 5.26 Å². The predicted octanol–water partition coefficient (Wildman–Crippen LogP) is 3.33. The van der Waals surface area contributed by atoms with Crippen LogP contribution in [0.2, 0.25) is 0 Å². The van der Waals surface area contributed by atoms with Crippen LogP contribution in [0.4, 0.5) is 11.4 Å². The lowest BCUT2D eigenvalue weighted by Crippen LogP contribution is -2.19. The third-order valence-corrected chi connectivity index (χ3v) is 3.50. The van der Waals surface area contributed by atoms with Crippen LogP contribution < -0.4 is 0 Å². The van der Waals surface area contributed by atoms with Crippen LogP contribution in [-0.4, -0.2) is 24.5 Å². The van der Waals surface area contributed by atoms with E-state index in [1.54, 1.807) is 12.1 Å².